The van der Waals surface area contributed by atoms with Crippen LogP contribution in [0.1, 0.15) is 19.8 Å². The summed E-state index contributed by atoms with van der Waals surface area (Å²) in [4.78, 5) is 6.30. The van der Waals surface area contributed by atoms with Crippen molar-refractivity contribution in [2.75, 3.05) is 18.0 Å². The molecule has 14 heavy (non-hydrogen) atoms. The zero-order valence-corrected chi connectivity index (χ0v) is 8.41. The fourth-order valence-corrected chi connectivity index (χ4v) is 1.79. The third-order valence-corrected chi connectivity index (χ3v) is 2.82. The predicted octanol–water partition coefficient (Wildman–Crippen LogP) is 2.46. The van der Waals surface area contributed by atoms with E-state index in [1.165, 1.54) is 25.1 Å². The Kier molecular flexibility index (Phi) is 2.66. The molecule has 1 aromatic heterocycles. The van der Waals surface area contributed by atoms with Crippen LogP contribution < -0.4 is 4.90 Å². The van der Waals surface area contributed by atoms with Crippen molar-refractivity contribution in [1.29, 1.82) is 0 Å². The first-order valence-corrected chi connectivity index (χ1v) is 5.12. The summed E-state index contributed by atoms with van der Waals surface area (Å²) in [6.45, 7) is 4.36. The molecule has 0 N–H and O–H groups in total. The maximum atomic E-state index is 12.6. The number of rotatable bonds is 1. The van der Waals surface area contributed by atoms with E-state index in [4.69, 9.17) is 0 Å². The summed E-state index contributed by atoms with van der Waals surface area (Å²) in [5.41, 5.74) is 0. The molecule has 0 bridgehead atoms. The lowest BCUT2D eigenvalue weighted by atomic mass is 9.99. The van der Waals surface area contributed by atoms with Gasteiger partial charge < -0.3 is 4.90 Å². The molecule has 76 valence electrons. The lowest BCUT2D eigenvalue weighted by Crippen LogP contribution is -2.33. The Bertz CT molecular complexity index is 289. The smallest absolute Gasteiger partial charge is 0.141 e. The van der Waals surface area contributed by atoms with Crippen LogP contribution in [0.4, 0.5) is 10.2 Å². The van der Waals surface area contributed by atoms with Crippen molar-refractivity contribution in [2.45, 2.75) is 19.8 Å². The SMILES string of the molecule is CC1CCN(c2ccc(F)cn2)CC1. The van der Waals surface area contributed by atoms with Gasteiger partial charge in [-0.1, -0.05) is 6.92 Å². The highest BCUT2D eigenvalue weighted by Crippen LogP contribution is 2.20. The van der Waals surface area contributed by atoms with E-state index in [0.717, 1.165) is 24.8 Å². The van der Waals surface area contributed by atoms with Gasteiger partial charge >= 0.3 is 0 Å². The summed E-state index contributed by atoms with van der Waals surface area (Å²) in [5.74, 6) is 1.45. The van der Waals surface area contributed by atoms with E-state index in [1.54, 1.807) is 6.07 Å². The summed E-state index contributed by atoms with van der Waals surface area (Å²) in [5, 5.41) is 0. The molecule has 0 unspecified atom stereocenters. The standard InChI is InChI=1S/C11H15FN2/c1-9-4-6-14(7-5-9)11-3-2-10(12)8-13-11/h2-3,8-9H,4-7H2,1H3. The second-order valence-corrected chi connectivity index (χ2v) is 4.00. The molecule has 2 nitrogen and oxygen atoms in total. The first kappa shape index (κ1) is 9.44. The molecule has 0 amide bonds. The Morgan fingerprint density at radius 2 is 2.07 bits per heavy atom. The summed E-state index contributed by atoms with van der Waals surface area (Å²) in [6.07, 6.45) is 3.70. The molecular weight excluding hydrogens is 179 g/mol. The van der Waals surface area contributed by atoms with E-state index in [1.807, 2.05) is 0 Å². The maximum absolute atomic E-state index is 12.6. The van der Waals surface area contributed by atoms with Crippen LogP contribution in [0.5, 0.6) is 0 Å². The number of aromatic nitrogens is 1. The summed E-state index contributed by atoms with van der Waals surface area (Å²) in [6, 6.07) is 3.23. The molecule has 1 aliphatic rings. The van der Waals surface area contributed by atoms with Crippen LogP contribution >= 0.6 is 0 Å². The molecule has 0 spiro atoms. The topological polar surface area (TPSA) is 16.1 Å². The van der Waals surface area contributed by atoms with Crippen molar-refractivity contribution in [3.8, 4) is 0 Å². The molecule has 3 heteroatoms. The number of nitrogens with zero attached hydrogens (tertiary/aromatic N) is 2. The van der Waals surface area contributed by atoms with E-state index in [-0.39, 0.29) is 5.82 Å². The van der Waals surface area contributed by atoms with Crippen molar-refractivity contribution in [3.63, 3.8) is 0 Å². The molecular formula is C11H15FN2. The Morgan fingerprint density at radius 1 is 1.36 bits per heavy atom. The normalized spacial score (nSPS) is 18.6. The number of halogens is 1. The van der Waals surface area contributed by atoms with Crippen LogP contribution in [0.15, 0.2) is 18.3 Å². The van der Waals surface area contributed by atoms with Gasteiger partial charge in [0.25, 0.3) is 0 Å². The van der Waals surface area contributed by atoms with Gasteiger partial charge in [-0.05, 0) is 30.9 Å². The zero-order valence-electron chi connectivity index (χ0n) is 8.41. The van der Waals surface area contributed by atoms with Gasteiger partial charge in [0.1, 0.15) is 11.6 Å². The molecule has 1 saturated heterocycles. The van der Waals surface area contributed by atoms with Crippen molar-refractivity contribution in [3.05, 3.63) is 24.1 Å². The predicted molar refractivity (Wildman–Crippen MR) is 54.8 cm³/mol. The van der Waals surface area contributed by atoms with Crippen molar-refractivity contribution in [2.24, 2.45) is 5.92 Å². The lowest BCUT2D eigenvalue weighted by Gasteiger charge is -2.31. The molecule has 0 aromatic carbocycles. The van der Waals surface area contributed by atoms with Crippen LogP contribution in [-0.2, 0) is 0 Å². The summed E-state index contributed by atoms with van der Waals surface area (Å²) >= 11 is 0. The van der Waals surface area contributed by atoms with Gasteiger partial charge in [0.15, 0.2) is 0 Å². The molecule has 2 heterocycles. The van der Waals surface area contributed by atoms with Crippen molar-refractivity contribution >= 4 is 5.82 Å². The minimum atomic E-state index is -0.265. The van der Waals surface area contributed by atoms with E-state index in [2.05, 4.69) is 16.8 Å². The molecule has 1 aromatic rings. The average Bonchev–Trinajstić information content (AvgIpc) is 2.21. The van der Waals surface area contributed by atoms with Gasteiger partial charge in [-0.3, -0.25) is 0 Å². The summed E-state index contributed by atoms with van der Waals surface area (Å²) in [7, 11) is 0. The highest BCUT2D eigenvalue weighted by atomic mass is 19.1. The maximum Gasteiger partial charge on any atom is 0.141 e. The van der Waals surface area contributed by atoms with Gasteiger partial charge in [-0.15, -0.1) is 0 Å². The highest BCUT2D eigenvalue weighted by molar-refractivity contribution is 5.38. The van der Waals surface area contributed by atoms with Gasteiger partial charge in [0.2, 0.25) is 0 Å². The van der Waals surface area contributed by atoms with Crippen LogP contribution in [0.2, 0.25) is 0 Å². The molecule has 2 rings (SSSR count). The van der Waals surface area contributed by atoms with Crippen LogP contribution in [0.3, 0.4) is 0 Å². The van der Waals surface area contributed by atoms with Crippen molar-refractivity contribution in [1.82, 2.24) is 4.98 Å². The van der Waals surface area contributed by atoms with E-state index >= 15 is 0 Å². The fraction of sp³-hybridized carbons (Fsp3) is 0.545. The van der Waals surface area contributed by atoms with Crippen LogP contribution in [0.25, 0.3) is 0 Å². The number of anilines is 1. The molecule has 0 aliphatic carbocycles. The van der Waals surface area contributed by atoms with Crippen molar-refractivity contribution < 1.29 is 4.39 Å². The largest absolute Gasteiger partial charge is 0.357 e. The lowest BCUT2D eigenvalue weighted by molar-refractivity contribution is 0.436. The quantitative estimate of drug-likeness (QED) is 0.682. The zero-order chi connectivity index (χ0) is 9.97. The highest BCUT2D eigenvalue weighted by Gasteiger charge is 2.16. The second-order valence-electron chi connectivity index (χ2n) is 4.00. The van der Waals surface area contributed by atoms with E-state index in [0.29, 0.717) is 0 Å². The molecule has 1 fully saturated rings. The minimum Gasteiger partial charge on any atom is -0.357 e. The number of pyridine rings is 1. The third-order valence-electron chi connectivity index (χ3n) is 2.82. The van der Waals surface area contributed by atoms with Crippen LogP contribution in [0, 0.1) is 11.7 Å². The Morgan fingerprint density at radius 3 is 2.64 bits per heavy atom. The molecule has 1 aliphatic heterocycles. The first-order chi connectivity index (χ1) is 6.75. The Labute approximate surface area is 83.8 Å². The average molecular weight is 194 g/mol. The Balaban J connectivity index is 2.05. The summed E-state index contributed by atoms with van der Waals surface area (Å²) < 4.78 is 12.6. The monoisotopic (exact) mass is 194 g/mol. The van der Waals surface area contributed by atoms with Gasteiger partial charge in [-0.25, -0.2) is 9.37 Å². The third kappa shape index (κ3) is 2.03. The fourth-order valence-electron chi connectivity index (χ4n) is 1.79. The first-order valence-electron chi connectivity index (χ1n) is 5.12. The number of piperidine rings is 1. The van der Waals surface area contributed by atoms with Gasteiger partial charge in [-0.2, -0.15) is 0 Å². The molecule has 0 atom stereocenters. The van der Waals surface area contributed by atoms with Gasteiger partial charge in [0.05, 0.1) is 6.20 Å². The van der Waals surface area contributed by atoms with Crippen LogP contribution in [-0.4, -0.2) is 18.1 Å². The number of hydrogen-bond donors (Lipinski definition) is 0. The molecule has 0 saturated carbocycles. The molecule has 0 radical (unpaired) electrons. The number of hydrogen-bond acceptors (Lipinski definition) is 2. The van der Waals surface area contributed by atoms with Gasteiger partial charge in [0, 0.05) is 13.1 Å². The second kappa shape index (κ2) is 3.95. The Hall–Kier alpha value is -1.12. The van der Waals surface area contributed by atoms with E-state index in [9.17, 15) is 4.39 Å². The van der Waals surface area contributed by atoms with E-state index < -0.39 is 0 Å². The minimum absolute atomic E-state index is 0.265.